The molecule has 0 spiro atoms. The van der Waals surface area contributed by atoms with Crippen LogP contribution in [0.15, 0.2) is 31.0 Å². The Bertz CT molecular complexity index is 358. The molecule has 2 heteroatoms. The van der Waals surface area contributed by atoms with Crippen molar-refractivity contribution in [3.05, 3.63) is 36.6 Å². The van der Waals surface area contributed by atoms with Gasteiger partial charge < -0.3 is 9.84 Å². The second-order valence-electron chi connectivity index (χ2n) is 4.35. The molecule has 0 aromatic heterocycles. The Morgan fingerprint density at radius 1 is 1.41 bits per heavy atom. The molecule has 1 aromatic rings. The second kappa shape index (κ2) is 7.00. The van der Waals surface area contributed by atoms with Gasteiger partial charge in [-0.3, -0.25) is 0 Å². The van der Waals surface area contributed by atoms with Crippen molar-refractivity contribution in [1.82, 2.24) is 0 Å². The largest absolute Gasteiger partial charge is 0.504 e. The van der Waals surface area contributed by atoms with E-state index in [1.54, 1.807) is 12.1 Å². The van der Waals surface area contributed by atoms with E-state index < -0.39 is 0 Å². The van der Waals surface area contributed by atoms with Gasteiger partial charge in [0, 0.05) is 0 Å². The molecule has 0 amide bonds. The molecule has 1 atom stereocenters. The highest BCUT2D eigenvalue weighted by Crippen LogP contribution is 2.28. The first kappa shape index (κ1) is 13.6. The van der Waals surface area contributed by atoms with Crippen molar-refractivity contribution < 1.29 is 9.84 Å². The highest BCUT2D eigenvalue weighted by Gasteiger charge is 2.09. The van der Waals surface area contributed by atoms with Crippen molar-refractivity contribution in [3.63, 3.8) is 0 Å². The van der Waals surface area contributed by atoms with Gasteiger partial charge in [-0.1, -0.05) is 45.8 Å². The molecule has 17 heavy (non-hydrogen) atoms. The Morgan fingerprint density at radius 2 is 2.18 bits per heavy atom. The monoisotopic (exact) mass is 234 g/mol. The van der Waals surface area contributed by atoms with E-state index in [2.05, 4.69) is 20.4 Å². The van der Waals surface area contributed by atoms with Crippen molar-refractivity contribution in [2.75, 3.05) is 0 Å². The normalized spacial score (nSPS) is 12.1. The Hall–Kier alpha value is -1.44. The van der Waals surface area contributed by atoms with Crippen molar-refractivity contribution in [1.29, 1.82) is 0 Å². The van der Waals surface area contributed by atoms with Crippen LogP contribution in [0.4, 0.5) is 0 Å². The summed E-state index contributed by atoms with van der Waals surface area (Å²) < 4.78 is 5.08. The maximum absolute atomic E-state index is 9.77. The smallest absolute Gasteiger partial charge is 0.168 e. The summed E-state index contributed by atoms with van der Waals surface area (Å²) in [6, 6.07) is 5.60. The van der Waals surface area contributed by atoms with Crippen LogP contribution < -0.4 is 4.74 Å². The van der Waals surface area contributed by atoms with E-state index in [0.717, 1.165) is 6.42 Å². The number of ether oxygens (including phenoxy) is 1. The van der Waals surface area contributed by atoms with E-state index in [9.17, 15) is 5.11 Å². The van der Waals surface area contributed by atoms with E-state index in [1.165, 1.54) is 31.1 Å². The fourth-order valence-electron chi connectivity index (χ4n) is 2.07. The number of rotatable bonds is 7. The van der Waals surface area contributed by atoms with Crippen LogP contribution in [-0.4, -0.2) is 5.11 Å². The van der Waals surface area contributed by atoms with Gasteiger partial charge in [0.25, 0.3) is 0 Å². The van der Waals surface area contributed by atoms with Crippen LogP contribution in [-0.2, 0) is 6.42 Å². The topological polar surface area (TPSA) is 29.5 Å². The number of benzene rings is 1. The van der Waals surface area contributed by atoms with Gasteiger partial charge in [-0.05, 0) is 30.0 Å². The maximum atomic E-state index is 9.77. The molecule has 1 rings (SSSR count). The zero-order valence-corrected chi connectivity index (χ0v) is 10.8. The van der Waals surface area contributed by atoms with E-state index in [0.29, 0.717) is 11.7 Å². The van der Waals surface area contributed by atoms with Crippen molar-refractivity contribution in [3.8, 4) is 11.5 Å². The lowest BCUT2D eigenvalue weighted by molar-refractivity contribution is 0.408. The summed E-state index contributed by atoms with van der Waals surface area (Å²) in [6.07, 6.45) is 5.97. The molecule has 0 radical (unpaired) electrons. The van der Waals surface area contributed by atoms with Gasteiger partial charge in [-0.25, -0.2) is 0 Å². The van der Waals surface area contributed by atoms with E-state index in [-0.39, 0.29) is 5.75 Å². The van der Waals surface area contributed by atoms with E-state index in [4.69, 9.17) is 4.74 Å². The van der Waals surface area contributed by atoms with Crippen LogP contribution in [0.3, 0.4) is 0 Å². The highest BCUT2D eigenvalue weighted by atomic mass is 16.5. The fourth-order valence-corrected chi connectivity index (χ4v) is 2.07. The predicted octanol–water partition coefficient (Wildman–Crippen LogP) is 4.28. The minimum absolute atomic E-state index is 0.189. The van der Waals surface area contributed by atoms with E-state index >= 15 is 0 Å². The number of phenolic OH excluding ortho intramolecular Hbond substituents is 1. The summed E-state index contributed by atoms with van der Waals surface area (Å²) in [5.41, 5.74) is 1.17. The summed E-state index contributed by atoms with van der Waals surface area (Å²) in [5.74, 6) is 1.35. The van der Waals surface area contributed by atoms with Crippen LogP contribution in [0.1, 0.15) is 38.7 Å². The third kappa shape index (κ3) is 4.14. The average molecular weight is 234 g/mol. The molecule has 1 aromatic carbocycles. The van der Waals surface area contributed by atoms with Gasteiger partial charge in [-0.2, -0.15) is 0 Å². The third-order valence-corrected chi connectivity index (χ3v) is 3.03. The first-order chi connectivity index (χ1) is 8.21. The molecule has 0 saturated carbocycles. The standard InChI is InChI=1S/C15H22O2/c1-4-7-12(5-2)10-13-8-9-15(17-6-3)14(16)11-13/h6,8-9,11-12,16H,3-5,7,10H2,1-2H3. The molecule has 0 aliphatic heterocycles. The average Bonchev–Trinajstić information content (AvgIpc) is 2.32. The lowest BCUT2D eigenvalue weighted by atomic mass is 9.93. The van der Waals surface area contributed by atoms with Gasteiger partial charge in [0.15, 0.2) is 11.5 Å². The van der Waals surface area contributed by atoms with Gasteiger partial charge in [0.1, 0.15) is 0 Å². The summed E-state index contributed by atoms with van der Waals surface area (Å²) in [4.78, 5) is 0. The number of hydrogen-bond acceptors (Lipinski definition) is 2. The first-order valence-electron chi connectivity index (χ1n) is 6.30. The van der Waals surface area contributed by atoms with Gasteiger partial charge >= 0.3 is 0 Å². The maximum Gasteiger partial charge on any atom is 0.168 e. The number of phenols is 1. The molecule has 0 fully saturated rings. The minimum atomic E-state index is 0.189. The zero-order chi connectivity index (χ0) is 12.7. The van der Waals surface area contributed by atoms with Crippen LogP contribution in [0, 0.1) is 5.92 Å². The summed E-state index contributed by atoms with van der Waals surface area (Å²) in [7, 11) is 0. The van der Waals surface area contributed by atoms with Gasteiger partial charge in [0.05, 0.1) is 6.26 Å². The fraction of sp³-hybridized carbons (Fsp3) is 0.467. The van der Waals surface area contributed by atoms with Crippen LogP contribution in [0.5, 0.6) is 11.5 Å². The van der Waals surface area contributed by atoms with Crippen molar-refractivity contribution >= 4 is 0 Å². The van der Waals surface area contributed by atoms with Crippen LogP contribution in [0.2, 0.25) is 0 Å². The van der Waals surface area contributed by atoms with Crippen LogP contribution in [0.25, 0.3) is 0 Å². The zero-order valence-electron chi connectivity index (χ0n) is 10.8. The molecule has 0 heterocycles. The molecule has 0 aliphatic rings. The lowest BCUT2D eigenvalue weighted by Crippen LogP contribution is -2.02. The molecule has 0 bridgehead atoms. The highest BCUT2D eigenvalue weighted by molar-refractivity contribution is 5.42. The van der Waals surface area contributed by atoms with Crippen molar-refractivity contribution in [2.45, 2.75) is 39.5 Å². The van der Waals surface area contributed by atoms with Crippen LogP contribution >= 0.6 is 0 Å². The summed E-state index contributed by atoms with van der Waals surface area (Å²) >= 11 is 0. The molecule has 1 N–H and O–H groups in total. The molecule has 94 valence electrons. The van der Waals surface area contributed by atoms with Gasteiger partial charge in [-0.15, -0.1) is 0 Å². The predicted molar refractivity (Wildman–Crippen MR) is 71.3 cm³/mol. The summed E-state index contributed by atoms with van der Waals surface area (Å²) in [5, 5.41) is 9.77. The SMILES string of the molecule is C=COc1ccc(CC(CC)CCC)cc1O. The first-order valence-corrected chi connectivity index (χ1v) is 6.30. The Morgan fingerprint density at radius 3 is 2.71 bits per heavy atom. The Kier molecular flexibility index (Phi) is 5.61. The molecule has 0 saturated heterocycles. The molecular weight excluding hydrogens is 212 g/mol. The van der Waals surface area contributed by atoms with E-state index in [1.807, 2.05) is 6.07 Å². The Balaban J connectivity index is 2.72. The quantitative estimate of drug-likeness (QED) is 0.713. The summed E-state index contributed by atoms with van der Waals surface area (Å²) in [6.45, 7) is 7.90. The molecule has 2 nitrogen and oxygen atoms in total. The number of hydrogen-bond donors (Lipinski definition) is 1. The number of aromatic hydroxyl groups is 1. The molecular formula is C15H22O2. The Labute approximate surface area is 104 Å². The third-order valence-electron chi connectivity index (χ3n) is 3.03. The second-order valence-corrected chi connectivity index (χ2v) is 4.35. The van der Waals surface area contributed by atoms with Crippen molar-refractivity contribution in [2.24, 2.45) is 5.92 Å². The molecule has 1 unspecified atom stereocenters. The molecule has 0 aliphatic carbocycles. The van der Waals surface area contributed by atoms with Gasteiger partial charge in [0.2, 0.25) is 0 Å². The lowest BCUT2D eigenvalue weighted by Gasteiger charge is -2.14. The minimum Gasteiger partial charge on any atom is -0.504 e.